The van der Waals surface area contributed by atoms with Crippen LogP contribution in [0.2, 0.25) is 0 Å². The number of carbonyl (C=O) groups excluding carboxylic acids is 2. The van der Waals surface area contributed by atoms with Crippen molar-refractivity contribution in [3.63, 3.8) is 0 Å². The number of hydrogen-bond acceptors (Lipinski definition) is 2. The monoisotopic (exact) mass is 334 g/mol. The van der Waals surface area contributed by atoms with Crippen LogP contribution in [-0.4, -0.2) is 16.7 Å². The Bertz CT molecular complexity index is 881. The van der Waals surface area contributed by atoms with Crippen molar-refractivity contribution in [2.45, 2.75) is 32.7 Å². The number of hydrogen-bond donors (Lipinski definition) is 2. The average Bonchev–Trinajstić information content (AvgIpc) is 3.00. The number of carbonyl (C=O) groups is 2. The Morgan fingerprint density at radius 3 is 2.60 bits per heavy atom. The summed E-state index contributed by atoms with van der Waals surface area (Å²) in [7, 11) is 0. The fraction of sp³-hybridized carbons (Fsp3) is 0.238. The molecule has 128 valence electrons. The van der Waals surface area contributed by atoms with E-state index in [1.165, 1.54) is 0 Å². The summed E-state index contributed by atoms with van der Waals surface area (Å²) in [6.45, 7) is 2.53. The van der Waals surface area contributed by atoms with Crippen LogP contribution in [0.1, 0.15) is 40.9 Å². The van der Waals surface area contributed by atoms with Gasteiger partial charge in [-0.3, -0.25) is 9.59 Å². The number of rotatable bonds is 7. The number of amides is 1. The van der Waals surface area contributed by atoms with Crippen LogP contribution in [0, 0.1) is 6.92 Å². The Hall–Kier alpha value is -2.88. The smallest absolute Gasteiger partial charge is 0.220 e. The van der Waals surface area contributed by atoms with Gasteiger partial charge in [-0.15, -0.1) is 0 Å². The van der Waals surface area contributed by atoms with E-state index in [-0.39, 0.29) is 11.7 Å². The van der Waals surface area contributed by atoms with Crippen molar-refractivity contribution in [2.24, 2.45) is 0 Å². The lowest BCUT2D eigenvalue weighted by molar-refractivity contribution is -0.121. The zero-order chi connectivity index (χ0) is 17.6. The predicted molar refractivity (Wildman–Crippen MR) is 99.5 cm³/mol. The van der Waals surface area contributed by atoms with Crippen LogP contribution in [0.3, 0.4) is 0 Å². The summed E-state index contributed by atoms with van der Waals surface area (Å²) in [6, 6.07) is 17.4. The molecule has 4 heteroatoms. The first-order valence-electron chi connectivity index (χ1n) is 8.55. The van der Waals surface area contributed by atoms with E-state index in [9.17, 15) is 9.59 Å². The third-order valence-electron chi connectivity index (χ3n) is 4.21. The highest BCUT2D eigenvalue weighted by Crippen LogP contribution is 2.16. The van der Waals surface area contributed by atoms with Crippen molar-refractivity contribution in [3.8, 4) is 0 Å². The topological polar surface area (TPSA) is 62.0 Å². The Morgan fingerprint density at radius 1 is 1.00 bits per heavy atom. The Kier molecular flexibility index (Phi) is 5.29. The molecule has 0 aliphatic rings. The molecule has 3 aromatic rings. The van der Waals surface area contributed by atoms with Crippen LogP contribution in [0.25, 0.3) is 10.9 Å². The summed E-state index contributed by atoms with van der Waals surface area (Å²) >= 11 is 0. The maximum absolute atomic E-state index is 12.0. The van der Waals surface area contributed by atoms with E-state index < -0.39 is 0 Å². The lowest BCUT2D eigenvalue weighted by Gasteiger charge is -2.06. The summed E-state index contributed by atoms with van der Waals surface area (Å²) in [5.74, 6) is 0.0629. The molecule has 0 spiro atoms. The van der Waals surface area contributed by atoms with Gasteiger partial charge in [-0.2, -0.15) is 0 Å². The quantitative estimate of drug-likeness (QED) is 0.638. The first-order valence-corrected chi connectivity index (χ1v) is 8.55. The van der Waals surface area contributed by atoms with Gasteiger partial charge < -0.3 is 10.3 Å². The number of nitrogens with one attached hydrogen (secondary N) is 2. The Balaban J connectivity index is 1.43. The van der Waals surface area contributed by atoms with Gasteiger partial charge in [0.2, 0.25) is 5.91 Å². The van der Waals surface area contributed by atoms with Crippen LogP contribution >= 0.6 is 0 Å². The highest BCUT2D eigenvalue weighted by atomic mass is 16.1. The summed E-state index contributed by atoms with van der Waals surface area (Å²) < 4.78 is 0. The standard InChI is InChI=1S/C21H22N2O2/c1-15-12-18-13-16(10-11-19(18)23-15)14-22-21(25)9-5-8-20(24)17-6-3-2-4-7-17/h2-4,6-7,10-13,23H,5,8-9,14H2,1H3,(H,22,25). The van der Waals surface area contributed by atoms with E-state index in [4.69, 9.17) is 0 Å². The van der Waals surface area contributed by atoms with Gasteiger partial charge in [0.25, 0.3) is 0 Å². The minimum atomic E-state index is -0.0220. The van der Waals surface area contributed by atoms with Gasteiger partial charge >= 0.3 is 0 Å². The van der Waals surface area contributed by atoms with Gasteiger partial charge in [0.15, 0.2) is 5.78 Å². The number of fused-ring (bicyclic) bond motifs is 1. The molecule has 0 fully saturated rings. The Labute approximate surface area is 147 Å². The first-order chi connectivity index (χ1) is 12.1. The molecule has 25 heavy (non-hydrogen) atoms. The molecule has 0 atom stereocenters. The second-order valence-corrected chi connectivity index (χ2v) is 6.29. The van der Waals surface area contributed by atoms with Crippen molar-refractivity contribution in [2.75, 3.05) is 0 Å². The lowest BCUT2D eigenvalue weighted by Crippen LogP contribution is -2.22. The molecular formula is C21H22N2O2. The molecular weight excluding hydrogens is 312 g/mol. The maximum atomic E-state index is 12.0. The second-order valence-electron chi connectivity index (χ2n) is 6.29. The van der Waals surface area contributed by atoms with Crippen LogP contribution in [0.5, 0.6) is 0 Å². The van der Waals surface area contributed by atoms with E-state index in [1.807, 2.05) is 37.3 Å². The second kappa shape index (κ2) is 7.79. The zero-order valence-electron chi connectivity index (χ0n) is 14.3. The number of H-pyrrole nitrogens is 1. The molecule has 2 aromatic carbocycles. The lowest BCUT2D eigenvalue weighted by atomic mass is 10.1. The van der Waals surface area contributed by atoms with Crippen LogP contribution < -0.4 is 5.32 Å². The van der Waals surface area contributed by atoms with Crippen molar-refractivity contribution in [1.82, 2.24) is 10.3 Å². The van der Waals surface area contributed by atoms with Gasteiger partial charge in [-0.1, -0.05) is 36.4 Å². The van der Waals surface area contributed by atoms with E-state index in [1.54, 1.807) is 12.1 Å². The molecule has 0 unspecified atom stereocenters. The number of ketones is 1. The molecule has 0 radical (unpaired) electrons. The Morgan fingerprint density at radius 2 is 1.80 bits per heavy atom. The number of aromatic nitrogens is 1. The number of aromatic amines is 1. The molecule has 1 heterocycles. The van der Waals surface area contributed by atoms with E-state index in [0.29, 0.717) is 31.4 Å². The summed E-state index contributed by atoms with van der Waals surface area (Å²) in [5, 5.41) is 4.07. The molecule has 0 aliphatic carbocycles. The number of Topliss-reactive ketones (excluding diaryl/α,β-unsaturated/α-hetero) is 1. The van der Waals surface area contributed by atoms with Gasteiger partial charge in [0.1, 0.15) is 0 Å². The molecule has 1 aromatic heterocycles. The van der Waals surface area contributed by atoms with E-state index in [2.05, 4.69) is 22.4 Å². The molecule has 0 aliphatic heterocycles. The van der Waals surface area contributed by atoms with Gasteiger partial charge in [0, 0.05) is 36.2 Å². The molecule has 0 saturated carbocycles. The van der Waals surface area contributed by atoms with Crippen LogP contribution in [0.15, 0.2) is 54.6 Å². The van der Waals surface area contributed by atoms with Gasteiger partial charge in [-0.05, 0) is 42.5 Å². The van der Waals surface area contributed by atoms with Crippen molar-refractivity contribution < 1.29 is 9.59 Å². The molecule has 2 N–H and O–H groups in total. The zero-order valence-corrected chi connectivity index (χ0v) is 14.3. The maximum Gasteiger partial charge on any atom is 0.220 e. The average molecular weight is 334 g/mol. The van der Waals surface area contributed by atoms with Crippen molar-refractivity contribution in [3.05, 3.63) is 71.4 Å². The van der Waals surface area contributed by atoms with Crippen LogP contribution in [0.4, 0.5) is 0 Å². The minimum Gasteiger partial charge on any atom is -0.359 e. The highest BCUT2D eigenvalue weighted by molar-refractivity contribution is 5.96. The predicted octanol–water partition coefficient (Wildman–Crippen LogP) is 4.15. The molecule has 0 saturated heterocycles. The van der Waals surface area contributed by atoms with E-state index >= 15 is 0 Å². The van der Waals surface area contributed by atoms with Gasteiger partial charge in [0.05, 0.1) is 0 Å². The van der Waals surface area contributed by atoms with Crippen LogP contribution in [-0.2, 0) is 11.3 Å². The molecule has 4 nitrogen and oxygen atoms in total. The van der Waals surface area contributed by atoms with Crippen molar-refractivity contribution in [1.29, 1.82) is 0 Å². The van der Waals surface area contributed by atoms with Gasteiger partial charge in [-0.25, -0.2) is 0 Å². The SMILES string of the molecule is Cc1cc2cc(CNC(=O)CCCC(=O)c3ccccc3)ccc2[nH]1. The summed E-state index contributed by atoms with van der Waals surface area (Å²) in [6.07, 6.45) is 1.33. The largest absolute Gasteiger partial charge is 0.359 e. The van der Waals surface area contributed by atoms with Crippen molar-refractivity contribution >= 4 is 22.6 Å². The fourth-order valence-electron chi connectivity index (χ4n) is 2.90. The molecule has 1 amide bonds. The van der Waals surface area contributed by atoms with E-state index in [0.717, 1.165) is 22.2 Å². The number of benzene rings is 2. The summed E-state index contributed by atoms with van der Waals surface area (Å²) in [4.78, 5) is 27.3. The molecule has 0 bridgehead atoms. The fourth-order valence-corrected chi connectivity index (χ4v) is 2.90. The molecule has 3 rings (SSSR count). The summed E-state index contributed by atoms with van der Waals surface area (Å²) in [5.41, 5.74) is 4.00. The third kappa shape index (κ3) is 4.57. The number of aryl methyl sites for hydroxylation is 1. The normalized spacial score (nSPS) is 10.8. The first kappa shape index (κ1) is 17.0. The highest BCUT2D eigenvalue weighted by Gasteiger charge is 2.07. The third-order valence-corrected chi connectivity index (χ3v) is 4.21. The minimum absolute atomic E-state index is 0.0220.